The van der Waals surface area contributed by atoms with E-state index in [1.807, 2.05) is 29.6 Å². The van der Waals surface area contributed by atoms with Crippen molar-refractivity contribution in [2.45, 2.75) is 36.3 Å². The molecule has 3 aromatic heterocycles. The molecular weight excluding hydrogens is 511 g/mol. The average molecular weight is 534 g/mol. The Hall–Kier alpha value is -2.11. The van der Waals surface area contributed by atoms with E-state index >= 15 is 0 Å². The largest absolute Gasteiger partial charge is 0.326 e. The number of nitrogens with one attached hydrogen (secondary N) is 2. The van der Waals surface area contributed by atoms with Crippen molar-refractivity contribution in [3.05, 3.63) is 53.8 Å². The van der Waals surface area contributed by atoms with Crippen molar-refractivity contribution in [3.63, 3.8) is 0 Å². The van der Waals surface area contributed by atoms with Crippen LogP contribution in [0.1, 0.15) is 37.9 Å². The third kappa shape index (κ3) is 5.13. The summed E-state index contributed by atoms with van der Waals surface area (Å²) in [6, 6.07) is 9.39. The summed E-state index contributed by atoms with van der Waals surface area (Å²) >= 11 is 3.99. The van der Waals surface area contributed by atoms with Crippen LogP contribution in [0.15, 0.2) is 48.1 Å². The number of rotatable bonds is 5. The van der Waals surface area contributed by atoms with Gasteiger partial charge in [-0.3, -0.25) is 20.5 Å². The first-order chi connectivity index (χ1) is 14.6. The fraction of sp³-hybridized carbons (Fsp3) is 0.333. The van der Waals surface area contributed by atoms with E-state index in [1.54, 1.807) is 18.5 Å². The minimum atomic E-state index is -0.358. The molecule has 4 heterocycles. The van der Waals surface area contributed by atoms with Crippen LogP contribution < -0.4 is 10.6 Å². The lowest BCUT2D eigenvalue weighted by molar-refractivity contribution is 0.161. The second-order valence-electron chi connectivity index (χ2n) is 7.14. The molecule has 156 valence electrons. The van der Waals surface area contributed by atoms with Gasteiger partial charge in [-0.15, -0.1) is 11.3 Å². The topological polar surface area (TPSA) is 83.0 Å². The number of alkyl halides is 1. The lowest BCUT2D eigenvalue weighted by Gasteiger charge is -2.36. The van der Waals surface area contributed by atoms with Gasteiger partial charge in [-0.2, -0.15) is 0 Å². The molecule has 2 atom stereocenters. The molecule has 1 aliphatic rings. The zero-order valence-corrected chi connectivity index (χ0v) is 19.6. The van der Waals surface area contributed by atoms with Gasteiger partial charge in [-0.1, -0.05) is 28.7 Å². The molecule has 7 nitrogen and oxygen atoms in total. The number of urea groups is 1. The summed E-state index contributed by atoms with van der Waals surface area (Å²) in [4.78, 5) is 28.1. The summed E-state index contributed by atoms with van der Waals surface area (Å²) in [5.41, 5.74) is 1.93. The molecular formula is C21H23IN6OS. The fourth-order valence-electron chi connectivity index (χ4n) is 3.50. The van der Waals surface area contributed by atoms with Crippen LogP contribution in [0.2, 0.25) is 0 Å². The Labute approximate surface area is 193 Å². The summed E-state index contributed by atoms with van der Waals surface area (Å²) < 4.78 is 0.521. The van der Waals surface area contributed by atoms with Crippen molar-refractivity contribution in [2.24, 2.45) is 0 Å². The van der Waals surface area contributed by atoms with E-state index in [9.17, 15) is 4.79 Å². The second kappa shape index (κ2) is 9.80. The van der Waals surface area contributed by atoms with E-state index < -0.39 is 0 Å². The minimum Gasteiger partial charge on any atom is -0.292 e. The molecule has 2 unspecified atom stereocenters. The van der Waals surface area contributed by atoms with Crippen molar-refractivity contribution in [1.29, 1.82) is 0 Å². The quantitative estimate of drug-likeness (QED) is 0.255. The molecule has 2 N–H and O–H groups in total. The summed E-state index contributed by atoms with van der Waals surface area (Å²) in [6.45, 7) is 3.26. The van der Waals surface area contributed by atoms with Gasteiger partial charge in [-0.05, 0) is 57.0 Å². The van der Waals surface area contributed by atoms with E-state index in [0.717, 1.165) is 22.8 Å². The molecule has 1 fully saturated rings. The van der Waals surface area contributed by atoms with Crippen LogP contribution in [0, 0.1) is 0 Å². The third-order valence-electron chi connectivity index (χ3n) is 5.08. The Balaban J connectivity index is 1.39. The van der Waals surface area contributed by atoms with Gasteiger partial charge in [0.25, 0.3) is 0 Å². The van der Waals surface area contributed by atoms with Crippen molar-refractivity contribution in [2.75, 3.05) is 17.2 Å². The third-order valence-corrected chi connectivity index (χ3v) is 7.31. The highest BCUT2D eigenvalue weighted by molar-refractivity contribution is 14.1. The fourth-order valence-corrected chi connectivity index (χ4v) is 5.45. The number of thiazole rings is 1. The number of aromatic nitrogens is 3. The summed E-state index contributed by atoms with van der Waals surface area (Å²) in [5.74, 6) is 1.04. The van der Waals surface area contributed by atoms with E-state index in [0.29, 0.717) is 15.7 Å². The molecule has 0 bridgehead atoms. The summed E-state index contributed by atoms with van der Waals surface area (Å²) in [5, 5.41) is 8.25. The number of pyridine rings is 2. The molecule has 4 rings (SSSR count). The van der Waals surface area contributed by atoms with Gasteiger partial charge in [0.05, 0.1) is 15.8 Å². The predicted molar refractivity (Wildman–Crippen MR) is 129 cm³/mol. The number of carbonyl (C=O) groups is 1. The number of halogens is 1. The van der Waals surface area contributed by atoms with Gasteiger partial charge < -0.3 is 0 Å². The number of carbonyl (C=O) groups excluding carboxylic acids is 1. The molecule has 1 saturated heterocycles. The first kappa shape index (κ1) is 21.1. The van der Waals surface area contributed by atoms with E-state index in [2.05, 4.69) is 60.0 Å². The first-order valence-corrected chi connectivity index (χ1v) is 12.0. The van der Waals surface area contributed by atoms with E-state index in [-0.39, 0.29) is 12.1 Å². The van der Waals surface area contributed by atoms with Crippen molar-refractivity contribution in [3.8, 4) is 10.6 Å². The molecule has 9 heteroatoms. The second-order valence-corrected chi connectivity index (χ2v) is 9.44. The number of nitrogens with zero attached hydrogens (tertiary/aromatic N) is 4. The maximum atomic E-state index is 12.4. The number of anilines is 2. The van der Waals surface area contributed by atoms with Crippen molar-refractivity contribution >= 4 is 51.6 Å². The lowest BCUT2D eigenvalue weighted by Crippen LogP contribution is -2.37. The van der Waals surface area contributed by atoms with Crippen LogP contribution in [0.25, 0.3) is 10.6 Å². The molecule has 0 saturated carbocycles. The Kier molecular flexibility index (Phi) is 6.90. The number of likely N-dealkylation sites (tertiary alicyclic amines) is 1. The zero-order valence-electron chi connectivity index (χ0n) is 16.6. The molecule has 0 radical (unpaired) electrons. The minimum absolute atomic E-state index is 0.207. The van der Waals surface area contributed by atoms with Gasteiger partial charge in [0.15, 0.2) is 0 Å². The normalized spacial score (nSPS) is 18.0. The molecule has 0 aliphatic carbocycles. The first-order valence-electron chi connectivity index (χ1n) is 9.91. The monoisotopic (exact) mass is 534 g/mol. The van der Waals surface area contributed by atoms with Crippen LogP contribution in [0.4, 0.5) is 16.4 Å². The summed E-state index contributed by atoms with van der Waals surface area (Å²) in [7, 11) is 0. The number of amides is 2. The van der Waals surface area contributed by atoms with Gasteiger partial charge in [-0.25, -0.2) is 14.8 Å². The van der Waals surface area contributed by atoms with Crippen LogP contribution in [0.5, 0.6) is 0 Å². The smallest absolute Gasteiger partial charge is 0.292 e. The zero-order chi connectivity index (χ0) is 20.9. The molecule has 3 aromatic rings. The molecule has 30 heavy (non-hydrogen) atoms. The number of hydrogen-bond acceptors (Lipinski definition) is 6. The van der Waals surface area contributed by atoms with Crippen molar-refractivity contribution < 1.29 is 4.79 Å². The Morgan fingerprint density at radius 1 is 1.17 bits per heavy atom. The Morgan fingerprint density at radius 2 is 1.97 bits per heavy atom. The molecule has 0 aromatic carbocycles. The summed E-state index contributed by atoms with van der Waals surface area (Å²) in [6.07, 6.45) is 7.16. The molecule has 2 amide bonds. The Morgan fingerprint density at radius 3 is 2.77 bits per heavy atom. The van der Waals surface area contributed by atoms with Gasteiger partial charge in [0, 0.05) is 23.3 Å². The highest BCUT2D eigenvalue weighted by Crippen LogP contribution is 2.31. The number of piperidine rings is 1. The van der Waals surface area contributed by atoms with Crippen molar-refractivity contribution in [1.82, 2.24) is 19.9 Å². The molecule has 1 aliphatic heterocycles. The predicted octanol–water partition coefficient (Wildman–Crippen LogP) is 5.55. The van der Waals surface area contributed by atoms with Gasteiger partial charge in [0.1, 0.15) is 16.6 Å². The standard InChI is InChI=1S/C21H23IN6OS/c1-14(28-12-3-2-6-17(28)22)16-5-4-7-18(24-16)26-21(29)27-19-13-30-20(25-19)15-8-10-23-11-9-15/h4-5,7-11,13-14,17H,2-3,6,12H2,1H3,(H2,24,26,27,29). The van der Waals surface area contributed by atoms with Crippen LogP contribution >= 0.6 is 33.9 Å². The van der Waals surface area contributed by atoms with Crippen LogP contribution in [-0.2, 0) is 0 Å². The maximum Gasteiger partial charge on any atom is 0.326 e. The van der Waals surface area contributed by atoms with Crippen LogP contribution in [-0.4, -0.2) is 36.5 Å². The SMILES string of the molecule is CC(c1cccc(NC(=O)Nc2csc(-c3ccncc3)n2)n1)N1CCCCC1I. The Bertz CT molecular complexity index is 998. The highest BCUT2D eigenvalue weighted by atomic mass is 127. The average Bonchev–Trinajstić information content (AvgIpc) is 3.23. The molecule has 0 spiro atoms. The van der Waals surface area contributed by atoms with E-state index in [1.165, 1.54) is 30.6 Å². The van der Waals surface area contributed by atoms with E-state index in [4.69, 9.17) is 0 Å². The van der Waals surface area contributed by atoms with Gasteiger partial charge in [0.2, 0.25) is 0 Å². The highest BCUT2D eigenvalue weighted by Gasteiger charge is 2.26. The van der Waals surface area contributed by atoms with Gasteiger partial charge >= 0.3 is 6.03 Å². The van der Waals surface area contributed by atoms with Crippen LogP contribution in [0.3, 0.4) is 0 Å². The maximum absolute atomic E-state index is 12.4. The lowest BCUT2D eigenvalue weighted by atomic mass is 10.1. The number of hydrogen-bond donors (Lipinski definition) is 2.